The van der Waals surface area contributed by atoms with Gasteiger partial charge in [-0.25, -0.2) is 9.78 Å². The van der Waals surface area contributed by atoms with Gasteiger partial charge in [0, 0.05) is 26.3 Å². The Morgan fingerprint density at radius 1 is 1.55 bits per heavy atom. The van der Waals surface area contributed by atoms with Crippen molar-refractivity contribution in [1.29, 1.82) is 0 Å². The second kappa shape index (κ2) is 7.36. The minimum Gasteiger partial charge on any atom is -0.478 e. The maximum atomic E-state index is 11.2. The summed E-state index contributed by atoms with van der Waals surface area (Å²) in [6.07, 6.45) is 0.985. The number of rotatable bonds is 8. The summed E-state index contributed by atoms with van der Waals surface area (Å²) in [5.74, 6) is -1.26. The Balaban J connectivity index is 3.18. The number of nitrogens with zero attached hydrogens (tertiary/aromatic N) is 3. The van der Waals surface area contributed by atoms with Gasteiger partial charge in [0.25, 0.3) is 5.69 Å². The predicted octanol–water partition coefficient (Wildman–Crippen LogP) is 0.133. The number of carbonyl (C=O) groups is 1. The smallest absolute Gasteiger partial charge is 0.339 e. The first-order valence-corrected chi connectivity index (χ1v) is 5.73. The van der Waals surface area contributed by atoms with Crippen LogP contribution in [0.4, 0.5) is 11.5 Å². The molecule has 0 aromatic carbocycles. The van der Waals surface area contributed by atoms with Crippen molar-refractivity contribution in [3.63, 3.8) is 0 Å². The second-order valence-corrected chi connectivity index (χ2v) is 3.83. The summed E-state index contributed by atoms with van der Waals surface area (Å²) in [5.41, 5.74) is -0.689. The molecule has 110 valence electrons. The van der Waals surface area contributed by atoms with E-state index in [1.807, 2.05) is 0 Å². The number of aliphatic hydroxyl groups is 1. The molecule has 9 nitrogen and oxygen atoms in total. The normalized spacial score (nSPS) is 10.3. The molecule has 1 rings (SSSR count). The van der Waals surface area contributed by atoms with Gasteiger partial charge < -0.3 is 19.8 Å². The number of aromatic carboxylic acids is 1. The van der Waals surface area contributed by atoms with E-state index >= 15 is 0 Å². The third-order valence-corrected chi connectivity index (χ3v) is 2.53. The lowest BCUT2D eigenvalue weighted by Crippen LogP contribution is -2.32. The van der Waals surface area contributed by atoms with Gasteiger partial charge in [-0.2, -0.15) is 0 Å². The quantitative estimate of drug-likeness (QED) is 0.510. The Morgan fingerprint density at radius 2 is 2.25 bits per heavy atom. The highest BCUT2D eigenvalue weighted by Gasteiger charge is 2.21. The van der Waals surface area contributed by atoms with Crippen LogP contribution in [-0.4, -0.2) is 59.5 Å². The number of methoxy groups -OCH3 is 1. The van der Waals surface area contributed by atoms with Gasteiger partial charge in [-0.3, -0.25) is 10.1 Å². The number of hydrogen-bond acceptors (Lipinski definition) is 7. The van der Waals surface area contributed by atoms with Crippen LogP contribution in [0.2, 0.25) is 0 Å². The van der Waals surface area contributed by atoms with Crippen LogP contribution in [0.3, 0.4) is 0 Å². The Morgan fingerprint density at radius 3 is 2.75 bits per heavy atom. The zero-order valence-corrected chi connectivity index (χ0v) is 10.9. The SMILES string of the molecule is COCCN(CCO)c1ncc([N+](=O)[O-])cc1C(=O)O. The van der Waals surface area contributed by atoms with Crippen LogP contribution in [0.5, 0.6) is 0 Å². The van der Waals surface area contributed by atoms with Crippen LogP contribution in [0.1, 0.15) is 10.4 Å². The number of ether oxygens (including phenoxy) is 1. The van der Waals surface area contributed by atoms with Crippen molar-refractivity contribution >= 4 is 17.5 Å². The number of hydrogen-bond donors (Lipinski definition) is 2. The average Bonchev–Trinajstić information content (AvgIpc) is 2.42. The van der Waals surface area contributed by atoms with Crippen molar-refractivity contribution in [3.05, 3.63) is 27.9 Å². The Hall–Kier alpha value is -2.26. The molecule has 0 aliphatic carbocycles. The van der Waals surface area contributed by atoms with E-state index in [9.17, 15) is 14.9 Å². The van der Waals surface area contributed by atoms with Crippen molar-refractivity contribution < 1.29 is 24.7 Å². The molecule has 1 heterocycles. The monoisotopic (exact) mass is 285 g/mol. The molecule has 9 heteroatoms. The third kappa shape index (κ3) is 3.87. The molecule has 0 unspecified atom stereocenters. The molecule has 1 aromatic rings. The van der Waals surface area contributed by atoms with E-state index in [0.717, 1.165) is 12.3 Å². The summed E-state index contributed by atoms with van der Waals surface area (Å²) in [6, 6.07) is 0.946. The van der Waals surface area contributed by atoms with E-state index in [0.29, 0.717) is 13.2 Å². The number of aliphatic hydroxyl groups excluding tert-OH is 1. The molecule has 0 radical (unpaired) electrons. The molecule has 1 aromatic heterocycles. The van der Waals surface area contributed by atoms with E-state index < -0.39 is 16.6 Å². The number of nitro groups is 1. The maximum Gasteiger partial charge on any atom is 0.339 e. The predicted molar refractivity (Wildman–Crippen MR) is 69.0 cm³/mol. The minimum atomic E-state index is -1.32. The largest absolute Gasteiger partial charge is 0.478 e. The van der Waals surface area contributed by atoms with Crippen LogP contribution < -0.4 is 4.90 Å². The third-order valence-electron chi connectivity index (χ3n) is 2.53. The lowest BCUT2D eigenvalue weighted by atomic mass is 10.2. The fraction of sp³-hybridized carbons (Fsp3) is 0.455. The molecule has 0 aliphatic heterocycles. The van der Waals surface area contributed by atoms with Gasteiger partial charge in [0.2, 0.25) is 0 Å². The van der Waals surface area contributed by atoms with Gasteiger partial charge >= 0.3 is 5.97 Å². The van der Waals surface area contributed by atoms with E-state index in [1.54, 1.807) is 0 Å². The average molecular weight is 285 g/mol. The number of aromatic nitrogens is 1. The fourth-order valence-corrected chi connectivity index (χ4v) is 1.60. The van der Waals surface area contributed by atoms with Crippen LogP contribution >= 0.6 is 0 Å². The highest BCUT2D eigenvalue weighted by Crippen LogP contribution is 2.22. The summed E-state index contributed by atoms with van der Waals surface area (Å²) in [5, 5.41) is 28.8. The molecule has 0 saturated carbocycles. The van der Waals surface area contributed by atoms with Crippen molar-refractivity contribution in [2.45, 2.75) is 0 Å². The zero-order valence-electron chi connectivity index (χ0n) is 10.9. The summed E-state index contributed by atoms with van der Waals surface area (Å²) in [6.45, 7) is 0.551. The summed E-state index contributed by atoms with van der Waals surface area (Å²) < 4.78 is 4.90. The summed E-state index contributed by atoms with van der Waals surface area (Å²) in [4.78, 5) is 26.5. The highest BCUT2D eigenvalue weighted by atomic mass is 16.6. The van der Waals surface area contributed by atoms with Gasteiger partial charge in [-0.15, -0.1) is 0 Å². The first-order valence-electron chi connectivity index (χ1n) is 5.73. The van der Waals surface area contributed by atoms with Gasteiger partial charge in [0.05, 0.1) is 18.1 Å². The first kappa shape index (κ1) is 15.8. The molecule has 0 spiro atoms. The van der Waals surface area contributed by atoms with Crippen LogP contribution in [-0.2, 0) is 4.74 Å². The van der Waals surface area contributed by atoms with E-state index in [1.165, 1.54) is 12.0 Å². The molecular weight excluding hydrogens is 270 g/mol. The van der Waals surface area contributed by atoms with Crippen LogP contribution in [0.25, 0.3) is 0 Å². The lowest BCUT2D eigenvalue weighted by molar-refractivity contribution is -0.385. The van der Waals surface area contributed by atoms with Gasteiger partial charge in [-0.1, -0.05) is 0 Å². The van der Waals surface area contributed by atoms with Crippen LogP contribution in [0, 0.1) is 10.1 Å². The number of carboxylic acid groups (broad SMARTS) is 1. The molecule has 0 bridgehead atoms. The maximum absolute atomic E-state index is 11.2. The number of carboxylic acids is 1. The zero-order chi connectivity index (χ0) is 15.1. The van der Waals surface area contributed by atoms with Gasteiger partial charge in [0.1, 0.15) is 17.6 Å². The summed E-state index contributed by atoms with van der Waals surface area (Å²) >= 11 is 0. The van der Waals surface area contributed by atoms with Crippen molar-refractivity contribution in [1.82, 2.24) is 4.98 Å². The van der Waals surface area contributed by atoms with Crippen molar-refractivity contribution in [2.75, 3.05) is 38.3 Å². The Labute approximate surface area is 114 Å². The minimum absolute atomic E-state index is 0.0641. The highest BCUT2D eigenvalue weighted by molar-refractivity contribution is 5.94. The fourth-order valence-electron chi connectivity index (χ4n) is 1.60. The molecule has 2 N–H and O–H groups in total. The Kier molecular flexibility index (Phi) is 5.81. The summed E-state index contributed by atoms with van der Waals surface area (Å²) in [7, 11) is 1.48. The topological polar surface area (TPSA) is 126 Å². The number of pyridine rings is 1. The van der Waals surface area contributed by atoms with E-state index in [4.69, 9.17) is 14.9 Å². The van der Waals surface area contributed by atoms with E-state index in [2.05, 4.69) is 4.98 Å². The van der Waals surface area contributed by atoms with Gasteiger partial charge in [0.15, 0.2) is 0 Å². The molecule has 0 saturated heterocycles. The molecule has 0 aliphatic rings. The van der Waals surface area contributed by atoms with Gasteiger partial charge in [-0.05, 0) is 0 Å². The second-order valence-electron chi connectivity index (χ2n) is 3.83. The van der Waals surface area contributed by atoms with E-state index in [-0.39, 0.29) is 24.5 Å². The molecule has 0 amide bonds. The Bertz CT molecular complexity index is 493. The lowest BCUT2D eigenvalue weighted by Gasteiger charge is -2.23. The standard InChI is InChI=1S/C11H15N3O6/c1-20-5-3-13(2-4-15)10-9(11(16)17)6-8(7-12-10)14(18)19/h6-7,15H,2-5H2,1H3,(H,16,17). The molecule has 0 atom stereocenters. The number of anilines is 1. The molecular formula is C11H15N3O6. The van der Waals surface area contributed by atoms with Crippen LogP contribution in [0.15, 0.2) is 12.3 Å². The first-order chi connectivity index (χ1) is 9.51. The van der Waals surface area contributed by atoms with Crippen molar-refractivity contribution in [3.8, 4) is 0 Å². The van der Waals surface area contributed by atoms with Crippen molar-refractivity contribution in [2.24, 2.45) is 0 Å². The molecule has 0 fully saturated rings. The molecule has 20 heavy (non-hydrogen) atoms.